The SMILES string of the molecule is O=C1CCCCCN1CCCOc1cccc(CN2CCOC[C@@](O)(COc3cccc(Cl)c3)C2)c1. The minimum atomic E-state index is -1.13. The van der Waals surface area contributed by atoms with E-state index in [0.717, 1.165) is 50.1 Å². The third kappa shape index (κ3) is 8.37. The molecular formula is C28H37ClN2O5. The third-order valence-electron chi connectivity index (χ3n) is 6.56. The van der Waals surface area contributed by atoms with E-state index in [1.165, 1.54) is 0 Å². The first kappa shape index (κ1) is 26.7. The Hall–Kier alpha value is -2.32. The summed E-state index contributed by atoms with van der Waals surface area (Å²) in [5.74, 6) is 1.71. The molecule has 0 saturated carbocycles. The molecule has 0 radical (unpaired) electrons. The summed E-state index contributed by atoms with van der Waals surface area (Å²) >= 11 is 6.04. The number of rotatable bonds is 10. The van der Waals surface area contributed by atoms with Gasteiger partial charge in [-0.25, -0.2) is 0 Å². The van der Waals surface area contributed by atoms with Gasteiger partial charge in [-0.2, -0.15) is 0 Å². The first-order valence-corrected chi connectivity index (χ1v) is 13.3. The summed E-state index contributed by atoms with van der Waals surface area (Å²) in [6.45, 7) is 4.89. The lowest BCUT2D eigenvalue weighted by Crippen LogP contribution is -2.48. The number of aliphatic hydroxyl groups is 1. The lowest BCUT2D eigenvalue weighted by atomic mass is 10.1. The zero-order chi connectivity index (χ0) is 25.2. The summed E-state index contributed by atoms with van der Waals surface area (Å²) in [6.07, 6.45) is 4.73. The van der Waals surface area contributed by atoms with Gasteiger partial charge in [0.15, 0.2) is 0 Å². The van der Waals surface area contributed by atoms with Crippen LogP contribution in [0.5, 0.6) is 11.5 Å². The van der Waals surface area contributed by atoms with E-state index in [0.29, 0.717) is 50.0 Å². The van der Waals surface area contributed by atoms with E-state index in [-0.39, 0.29) is 19.1 Å². The van der Waals surface area contributed by atoms with Crippen molar-refractivity contribution in [2.24, 2.45) is 0 Å². The van der Waals surface area contributed by atoms with E-state index >= 15 is 0 Å². The number of benzene rings is 2. The van der Waals surface area contributed by atoms with Crippen LogP contribution in [0.25, 0.3) is 0 Å². The predicted molar refractivity (Wildman–Crippen MR) is 140 cm³/mol. The highest BCUT2D eigenvalue weighted by Gasteiger charge is 2.33. The molecule has 0 spiro atoms. The maximum Gasteiger partial charge on any atom is 0.222 e. The molecule has 36 heavy (non-hydrogen) atoms. The van der Waals surface area contributed by atoms with Crippen LogP contribution in [0.15, 0.2) is 48.5 Å². The zero-order valence-corrected chi connectivity index (χ0v) is 21.6. The number of carbonyl (C=O) groups is 1. The first-order chi connectivity index (χ1) is 17.5. The van der Waals surface area contributed by atoms with Gasteiger partial charge in [0.2, 0.25) is 5.91 Å². The van der Waals surface area contributed by atoms with Crippen LogP contribution in [0.2, 0.25) is 5.02 Å². The Bertz CT molecular complexity index is 990. The third-order valence-corrected chi connectivity index (χ3v) is 6.80. The molecule has 0 bridgehead atoms. The van der Waals surface area contributed by atoms with Crippen molar-refractivity contribution in [2.45, 2.75) is 44.2 Å². The second kappa shape index (κ2) is 13.3. The average molecular weight is 517 g/mol. The highest BCUT2D eigenvalue weighted by Crippen LogP contribution is 2.22. The van der Waals surface area contributed by atoms with Crippen LogP contribution in [0.1, 0.15) is 37.7 Å². The fraction of sp³-hybridized carbons (Fsp3) is 0.536. The molecule has 8 heteroatoms. The van der Waals surface area contributed by atoms with E-state index in [2.05, 4.69) is 11.0 Å². The standard InChI is InChI=1S/C28H37ClN2O5/c29-24-8-5-10-26(18-24)36-22-28(33)20-30(14-16-34-21-28)19-23-7-4-9-25(17-23)35-15-6-13-31-12-3-1-2-11-27(31)32/h4-5,7-10,17-18,33H,1-3,6,11-16,19-22H2/t28-/m1/s1. The summed E-state index contributed by atoms with van der Waals surface area (Å²) in [6, 6.07) is 15.2. The second-order valence-electron chi connectivity index (χ2n) is 9.77. The van der Waals surface area contributed by atoms with E-state index in [4.69, 9.17) is 25.8 Å². The number of hydrogen-bond acceptors (Lipinski definition) is 6. The highest BCUT2D eigenvalue weighted by molar-refractivity contribution is 6.30. The largest absolute Gasteiger partial charge is 0.494 e. The summed E-state index contributed by atoms with van der Waals surface area (Å²) < 4.78 is 17.5. The number of ether oxygens (including phenoxy) is 3. The number of carbonyl (C=O) groups excluding carboxylic acids is 1. The van der Waals surface area contributed by atoms with Gasteiger partial charge >= 0.3 is 0 Å². The van der Waals surface area contributed by atoms with Gasteiger partial charge in [-0.05, 0) is 55.2 Å². The molecule has 0 aliphatic carbocycles. The summed E-state index contributed by atoms with van der Waals surface area (Å²) in [5, 5.41) is 11.8. The maximum atomic E-state index is 12.1. The number of likely N-dealkylation sites (tertiary alicyclic amines) is 1. The van der Waals surface area contributed by atoms with Crippen molar-refractivity contribution >= 4 is 17.5 Å². The molecule has 4 rings (SSSR count). The van der Waals surface area contributed by atoms with Gasteiger partial charge in [0.1, 0.15) is 23.7 Å². The van der Waals surface area contributed by atoms with Crippen molar-refractivity contribution in [1.82, 2.24) is 9.80 Å². The minimum Gasteiger partial charge on any atom is -0.494 e. The molecule has 2 fully saturated rings. The van der Waals surface area contributed by atoms with Crippen LogP contribution < -0.4 is 9.47 Å². The normalized spacial score (nSPS) is 21.6. The molecule has 1 amide bonds. The molecule has 2 aliphatic rings. The average Bonchev–Trinajstić information content (AvgIpc) is 3.18. The summed E-state index contributed by atoms with van der Waals surface area (Å²) in [7, 11) is 0. The van der Waals surface area contributed by atoms with Crippen molar-refractivity contribution in [2.75, 3.05) is 52.6 Å². The fourth-order valence-electron chi connectivity index (χ4n) is 4.71. The number of hydrogen-bond donors (Lipinski definition) is 1. The van der Waals surface area contributed by atoms with Gasteiger partial charge in [0, 0.05) is 44.2 Å². The maximum absolute atomic E-state index is 12.1. The van der Waals surface area contributed by atoms with Crippen LogP contribution in [-0.4, -0.2) is 79.0 Å². The minimum absolute atomic E-state index is 0.118. The van der Waals surface area contributed by atoms with Crippen molar-refractivity contribution in [3.05, 3.63) is 59.1 Å². The lowest BCUT2D eigenvalue weighted by molar-refractivity contribution is -0.130. The van der Waals surface area contributed by atoms with Crippen molar-refractivity contribution < 1.29 is 24.1 Å². The molecule has 0 aromatic heterocycles. The van der Waals surface area contributed by atoms with Crippen molar-refractivity contribution in [1.29, 1.82) is 0 Å². The van der Waals surface area contributed by atoms with E-state index in [9.17, 15) is 9.90 Å². The molecule has 1 atom stereocenters. The van der Waals surface area contributed by atoms with E-state index in [1.54, 1.807) is 12.1 Å². The topological polar surface area (TPSA) is 71.5 Å². The van der Waals surface area contributed by atoms with Crippen LogP contribution in [0.4, 0.5) is 0 Å². The molecule has 2 aromatic carbocycles. The molecule has 7 nitrogen and oxygen atoms in total. The molecule has 2 saturated heterocycles. The van der Waals surface area contributed by atoms with E-state index in [1.807, 2.05) is 35.2 Å². The van der Waals surface area contributed by atoms with Gasteiger partial charge in [0.25, 0.3) is 0 Å². The Kier molecular flexibility index (Phi) is 9.87. The Morgan fingerprint density at radius 2 is 1.86 bits per heavy atom. The molecule has 2 aromatic rings. The Balaban J connectivity index is 1.26. The Morgan fingerprint density at radius 1 is 1.03 bits per heavy atom. The number of amides is 1. The molecule has 1 N–H and O–H groups in total. The summed E-state index contributed by atoms with van der Waals surface area (Å²) in [5.41, 5.74) is -0.0206. The second-order valence-corrected chi connectivity index (χ2v) is 10.2. The van der Waals surface area contributed by atoms with Crippen LogP contribution in [-0.2, 0) is 16.1 Å². The van der Waals surface area contributed by atoms with Crippen LogP contribution in [0.3, 0.4) is 0 Å². The quantitative estimate of drug-likeness (QED) is 0.478. The predicted octanol–water partition coefficient (Wildman–Crippen LogP) is 4.15. The molecule has 2 aliphatic heterocycles. The fourth-order valence-corrected chi connectivity index (χ4v) is 4.89. The molecule has 2 heterocycles. The van der Waals surface area contributed by atoms with Gasteiger partial charge in [-0.3, -0.25) is 9.69 Å². The number of β-amino-alcohol motifs (C(OH)–C–C–N with tert-alkyl or cyclic N) is 1. The van der Waals surface area contributed by atoms with Crippen LogP contribution in [0, 0.1) is 0 Å². The van der Waals surface area contributed by atoms with Gasteiger partial charge in [-0.1, -0.05) is 36.2 Å². The van der Waals surface area contributed by atoms with Crippen molar-refractivity contribution in [3.8, 4) is 11.5 Å². The monoisotopic (exact) mass is 516 g/mol. The zero-order valence-electron chi connectivity index (χ0n) is 20.9. The Morgan fingerprint density at radius 3 is 2.72 bits per heavy atom. The smallest absolute Gasteiger partial charge is 0.222 e. The van der Waals surface area contributed by atoms with E-state index < -0.39 is 5.60 Å². The lowest BCUT2D eigenvalue weighted by Gasteiger charge is -2.30. The highest BCUT2D eigenvalue weighted by atomic mass is 35.5. The van der Waals surface area contributed by atoms with Gasteiger partial charge in [-0.15, -0.1) is 0 Å². The number of halogens is 1. The molecule has 196 valence electrons. The molecule has 0 unspecified atom stereocenters. The number of nitrogens with zero attached hydrogens (tertiary/aromatic N) is 2. The van der Waals surface area contributed by atoms with Gasteiger partial charge < -0.3 is 24.2 Å². The molecular weight excluding hydrogens is 480 g/mol. The first-order valence-electron chi connectivity index (χ1n) is 12.9. The Labute approximate surface area is 218 Å². The summed E-state index contributed by atoms with van der Waals surface area (Å²) in [4.78, 5) is 16.3. The van der Waals surface area contributed by atoms with Crippen molar-refractivity contribution in [3.63, 3.8) is 0 Å². The van der Waals surface area contributed by atoms with Gasteiger partial charge in [0.05, 0.1) is 19.8 Å². The van der Waals surface area contributed by atoms with Crippen LogP contribution >= 0.6 is 11.6 Å².